The first kappa shape index (κ1) is 15.7. The van der Waals surface area contributed by atoms with Gasteiger partial charge in [0.1, 0.15) is 24.4 Å². The van der Waals surface area contributed by atoms with E-state index in [2.05, 4.69) is 0 Å². The molecule has 0 aromatic heterocycles. The zero-order valence-electron chi connectivity index (χ0n) is 6.72. The summed E-state index contributed by atoms with van der Waals surface area (Å²) in [7, 11) is 0. The molecule has 4 atom stereocenters. The molecule has 7 heteroatoms. The third-order valence-electron chi connectivity index (χ3n) is 1.51. The Hall–Kier alpha value is 0.254. The summed E-state index contributed by atoms with van der Waals surface area (Å²) in [5.41, 5.74) is 0. The molecule has 6 nitrogen and oxygen atoms in total. The van der Waals surface area contributed by atoms with Gasteiger partial charge in [-0.25, -0.2) is 0 Å². The van der Waals surface area contributed by atoms with Crippen LogP contribution in [-0.4, -0.2) is 68.3 Å². The summed E-state index contributed by atoms with van der Waals surface area (Å²) in [6.45, 7) is -1.45. The fourth-order valence-electron chi connectivity index (χ4n) is 0.671. The van der Waals surface area contributed by atoms with Crippen LogP contribution in [0.5, 0.6) is 0 Å². The fraction of sp³-hybridized carbons (Fsp3) is 1.00. The van der Waals surface area contributed by atoms with E-state index in [4.69, 9.17) is 30.6 Å². The smallest absolute Gasteiger partial charge is 0.111 e. The molecule has 0 aliphatic rings. The largest absolute Gasteiger partial charge is 0.394 e. The van der Waals surface area contributed by atoms with E-state index < -0.39 is 37.6 Å². The molecule has 0 saturated heterocycles. The maximum atomic E-state index is 8.96. The van der Waals surface area contributed by atoms with Gasteiger partial charge in [-0.2, -0.15) is 0 Å². The molecule has 0 spiro atoms. The predicted octanol–water partition coefficient (Wildman–Crippen LogP) is -3.59. The van der Waals surface area contributed by atoms with Gasteiger partial charge in [0.2, 0.25) is 0 Å². The van der Waals surface area contributed by atoms with Gasteiger partial charge in [0.25, 0.3) is 0 Å². The monoisotopic (exact) mass is 240 g/mol. The Balaban J connectivity index is 0. The van der Waals surface area contributed by atoms with Crippen molar-refractivity contribution in [2.24, 2.45) is 0 Å². The summed E-state index contributed by atoms with van der Waals surface area (Å²) in [5, 5.41) is 52.2. The standard InChI is InChI=1S/C6H14O6.Ni/c7-1-3(9)5(11)6(12)4(10)2-8;/h3-12H,1-2H2;/t3-,4+,5-,6-;/m1./s1. The second kappa shape index (κ2) is 7.64. The fourth-order valence-corrected chi connectivity index (χ4v) is 0.671. The van der Waals surface area contributed by atoms with Crippen molar-refractivity contribution in [3.05, 3.63) is 0 Å². The summed E-state index contributed by atoms with van der Waals surface area (Å²) in [6, 6.07) is 0. The molecular formula is C6H14NiO6. The van der Waals surface area contributed by atoms with Crippen LogP contribution in [0.2, 0.25) is 0 Å². The molecule has 13 heavy (non-hydrogen) atoms. The van der Waals surface area contributed by atoms with Crippen molar-refractivity contribution in [1.82, 2.24) is 0 Å². The van der Waals surface area contributed by atoms with Gasteiger partial charge in [-0.1, -0.05) is 0 Å². The molecular weight excluding hydrogens is 227 g/mol. The molecule has 0 aliphatic heterocycles. The average molecular weight is 241 g/mol. The number of aliphatic hydroxyl groups is 6. The van der Waals surface area contributed by atoms with E-state index in [9.17, 15) is 0 Å². The molecule has 0 rings (SSSR count). The summed E-state index contributed by atoms with van der Waals surface area (Å²) in [6.07, 6.45) is -6.39. The van der Waals surface area contributed by atoms with E-state index in [1.165, 1.54) is 0 Å². The van der Waals surface area contributed by atoms with Crippen LogP contribution in [0.15, 0.2) is 0 Å². The second-order valence-corrected chi connectivity index (χ2v) is 2.48. The van der Waals surface area contributed by atoms with E-state index in [-0.39, 0.29) is 16.5 Å². The Morgan fingerprint density at radius 1 is 0.692 bits per heavy atom. The summed E-state index contributed by atoms with van der Waals surface area (Å²) in [4.78, 5) is 0. The molecule has 6 N–H and O–H groups in total. The van der Waals surface area contributed by atoms with Crippen LogP contribution in [0.4, 0.5) is 0 Å². The van der Waals surface area contributed by atoms with Gasteiger partial charge in [-0.15, -0.1) is 0 Å². The summed E-state index contributed by atoms with van der Waals surface area (Å²) >= 11 is 0. The Morgan fingerprint density at radius 2 is 0.923 bits per heavy atom. The Morgan fingerprint density at radius 3 is 1.08 bits per heavy atom. The molecule has 0 aromatic rings. The molecule has 0 fully saturated rings. The molecule has 0 radical (unpaired) electrons. The zero-order chi connectivity index (χ0) is 9.72. The Bertz CT molecular complexity index is 110. The molecule has 84 valence electrons. The molecule has 0 aliphatic carbocycles. The van der Waals surface area contributed by atoms with Crippen molar-refractivity contribution in [2.45, 2.75) is 24.4 Å². The van der Waals surface area contributed by atoms with Crippen LogP contribution in [0.3, 0.4) is 0 Å². The minimum Gasteiger partial charge on any atom is -0.394 e. The van der Waals surface area contributed by atoms with Gasteiger partial charge < -0.3 is 30.6 Å². The molecule has 0 amide bonds. The van der Waals surface area contributed by atoms with E-state index in [1.807, 2.05) is 0 Å². The van der Waals surface area contributed by atoms with E-state index in [0.29, 0.717) is 0 Å². The van der Waals surface area contributed by atoms with E-state index in [1.54, 1.807) is 0 Å². The summed E-state index contributed by atoms with van der Waals surface area (Å²) < 4.78 is 0. The molecule has 0 heterocycles. The topological polar surface area (TPSA) is 121 Å². The van der Waals surface area contributed by atoms with Gasteiger partial charge in [0, 0.05) is 16.5 Å². The zero-order valence-corrected chi connectivity index (χ0v) is 7.71. The molecule has 0 unspecified atom stereocenters. The minimum atomic E-state index is -1.67. The first-order valence-corrected chi connectivity index (χ1v) is 3.48. The Kier molecular flexibility index (Phi) is 9.23. The van der Waals surface area contributed by atoms with Crippen LogP contribution in [0, 0.1) is 0 Å². The van der Waals surface area contributed by atoms with Crippen molar-refractivity contribution in [3.8, 4) is 0 Å². The van der Waals surface area contributed by atoms with Crippen LogP contribution in [0.25, 0.3) is 0 Å². The SMILES string of the molecule is OC[C@@H](O)[C@@H](O)[C@H](O)[C@@H](O)CO.[Ni]. The van der Waals surface area contributed by atoms with Crippen molar-refractivity contribution in [1.29, 1.82) is 0 Å². The first-order chi connectivity index (χ1) is 5.54. The molecule has 0 saturated carbocycles. The molecule has 0 aromatic carbocycles. The Labute approximate surface area is 85.4 Å². The van der Waals surface area contributed by atoms with Gasteiger partial charge in [-0.05, 0) is 0 Å². The quantitative estimate of drug-likeness (QED) is 0.277. The van der Waals surface area contributed by atoms with Gasteiger partial charge in [0.15, 0.2) is 0 Å². The van der Waals surface area contributed by atoms with Gasteiger partial charge in [0.05, 0.1) is 13.2 Å². The van der Waals surface area contributed by atoms with Gasteiger partial charge >= 0.3 is 0 Å². The van der Waals surface area contributed by atoms with E-state index in [0.717, 1.165) is 0 Å². The maximum Gasteiger partial charge on any atom is 0.111 e. The first-order valence-electron chi connectivity index (χ1n) is 3.48. The number of rotatable bonds is 5. The van der Waals surface area contributed by atoms with Crippen molar-refractivity contribution < 1.29 is 47.1 Å². The second-order valence-electron chi connectivity index (χ2n) is 2.48. The van der Waals surface area contributed by atoms with Crippen LogP contribution in [-0.2, 0) is 16.5 Å². The van der Waals surface area contributed by atoms with Crippen molar-refractivity contribution in [2.75, 3.05) is 13.2 Å². The number of aliphatic hydroxyl groups excluding tert-OH is 6. The van der Waals surface area contributed by atoms with Crippen molar-refractivity contribution in [3.63, 3.8) is 0 Å². The maximum absolute atomic E-state index is 8.96. The van der Waals surface area contributed by atoms with Crippen LogP contribution in [0.1, 0.15) is 0 Å². The van der Waals surface area contributed by atoms with Crippen LogP contribution < -0.4 is 0 Å². The third-order valence-corrected chi connectivity index (χ3v) is 1.51. The van der Waals surface area contributed by atoms with E-state index >= 15 is 0 Å². The molecule has 0 bridgehead atoms. The third kappa shape index (κ3) is 4.88. The number of hydrogen-bond donors (Lipinski definition) is 6. The predicted molar refractivity (Wildman–Crippen MR) is 38.2 cm³/mol. The minimum absolute atomic E-state index is 0. The normalized spacial score (nSPS) is 19.8. The summed E-state index contributed by atoms with van der Waals surface area (Å²) in [5.74, 6) is 0. The number of hydrogen-bond acceptors (Lipinski definition) is 6. The average Bonchev–Trinajstić information content (AvgIpc) is 2.12. The van der Waals surface area contributed by atoms with Crippen molar-refractivity contribution >= 4 is 0 Å². The van der Waals surface area contributed by atoms with Crippen LogP contribution >= 0.6 is 0 Å². The van der Waals surface area contributed by atoms with Gasteiger partial charge in [-0.3, -0.25) is 0 Å².